The average molecular weight is 302 g/mol. The van der Waals surface area contributed by atoms with Crippen molar-refractivity contribution >= 4 is 13.8 Å². The largest absolute Gasteiger partial charge is 0.480 e. The maximum absolute atomic E-state index is 11.5. The molecule has 1 aromatic rings. The van der Waals surface area contributed by atoms with Crippen LogP contribution in [0.1, 0.15) is 36.8 Å². The van der Waals surface area contributed by atoms with Gasteiger partial charge in [-0.25, -0.2) is 0 Å². The standard InChI is InChI=1S/C17H27BN2O2/c18-10-4-3-8-17(19,16(21)22)9-12-20-11-7-14-5-1-2-6-15(14)13-20/h1-2,5-6H,3-4,7-13,18-19H2,(H,21,22). The first kappa shape index (κ1) is 17.0. The van der Waals surface area contributed by atoms with Crippen molar-refractivity contribution in [2.45, 2.75) is 50.5 Å². The fourth-order valence-electron chi connectivity index (χ4n) is 3.13. The Labute approximate surface area is 134 Å². The molecule has 22 heavy (non-hydrogen) atoms. The van der Waals surface area contributed by atoms with Gasteiger partial charge in [-0.05, 0) is 30.4 Å². The van der Waals surface area contributed by atoms with E-state index in [9.17, 15) is 9.90 Å². The zero-order valence-electron chi connectivity index (χ0n) is 13.6. The van der Waals surface area contributed by atoms with Crippen LogP contribution >= 0.6 is 0 Å². The van der Waals surface area contributed by atoms with E-state index in [0.717, 1.165) is 45.2 Å². The number of unbranched alkanes of at least 4 members (excludes halogenated alkanes) is 1. The van der Waals surface area contributed by atoms with Gasteiger partial charge >= 0.3 is 5.97 Å². The Morgan fingerprint density at radius 2 is 2.00 bits per heavy atom. The van der Waals surface area contributed by atoms with E-state index in [2.05, 4.69) is 37.0 Å². The first-order valence-electron chi connectivity index (χ1n) is 8.36. The number of nitrogens with zero attached hydrogens (tertiary/aromatic N) is 1. The molecule has 1 atom stereocenters. The molecule has 2 rings (SSSR count). The third-order valence-electron chi connectivity index (χ3n) is 4.74. The summed E-state index contributed by atoms with van der Waals surface area (Å²) in [4.78, 5) is 13.9. The van der Waals surface area contributed by atoms with E-state index in [1.54, 1.807) is 0 Å². The fourth-order valence-corrected chi connectivity index (χ4v) is 3.13. The Morgan fingerprint density at radius 1 is 1.27 bits per heavy atom. The maximum atomic E-state index is 11.5. The van der Waals surface area contributed by atoms with E-state index >= 15 is 0 Å². The summed E-state index contributed by atoms with van der Waals surface area (Å²) in [7, 11) is 2.12. The van der Waals surface area contributed by atoms with Gasteiger partial charge in [0.2, 0.25) is 0 Å². The lowest BCUT2D eigenvalue weighted by Crippen LogP contribution is -2.50. The van der Waals surface area contributed by atoms with Crippen molar-refractivity contribution in [1.29, 1.82) is 0 Å². The minimum Gasteiger partial charge on any atom is -0.480 e. The lowest BCUT2D eigenvalue weighted by atomic mass is 9.87. The average Bonchev–Trinajstić information content (AvgIpc) is 2.53. The van der Waals surface area contributed by atoms with Gasteiger partial charge in [0.05, 0.1) is 0 Å². The number of aliphatic carboxylic acids is 1. The second-order valence-corrected chi connectivity index (χ2v) is 6.46. The number of fused-ring (bicyclic) bond motifs is 1. The molecule has 1 aliphatic rings. The molecule has 1 aliphatic heterocycles. The van der Waals surface area contributed by atoms with E-state index in [1.807, 2.05) is 0 Å². The minimum absolute atomic E-state index is 0.522. The van der Waals surface area contributed by atoms with Gasteiger partial charge in [-0.3, -0.25) is 9.69 Å². The molecule has 0 radical (unpaired) electrons. The van der Waals surface area contributed by atoms with E-state index in [-0.39, 0.29) is 0 Å². The number of hydrogen-bond acceptors (Lipinski definition) is 3. The van der Waals surface area contributed by atoms with Gasteiger partial charge in [-0.1, -0.05) is 43.4 Å². The molecule has 0 spiro atoms. The molecule has 0 fully saturated rings. The van der Waals surface area contributed by atoms with Crippen LogP contribution < -0.4 is 5.73 Å². The smallest absolute Gasteiger partial charge is 0.323 e. The molecule has 0 amide bonds. The van der Waals surface area contributed by atoms with Crippen LogP contribution in [-0.2, 0) is 17.8 Å². The highest BCUT2D eigenvalue weighted by atomic mass is 16.4. The lowest BCUT2D eigenvalue weighted by molar-refractivity contribution is -0.144. The van der Waals surface area contributed by atoms with Crippen LogP contribution in [-0.4, -0.2) is 42.5 Å². The quantitative estimate of drug-likeness (QED) is 0.563. The van der Waals surface area contributed by atoms with Crippen LogP contribution in [0.15, 0.2) is 24.3 Å². The zero-order valence-corrected chi connectivity index (χ0v) is 13.6. The number of benzene rings is 1. The molecule has 0 saturated carbocycles. The molecule has 1 unspecified atom stereocenters. The van der Waals surface area contributed by atoms with Gasteiger partial charge in [0.1, 0.15) is 13.4 Å². The first-order valence-corrected chi connectivity index (χ1v) is 8.36. The second-order valence-electron chi connectivity index (χ2n) is 6.46. The van der Waals surface area contributed by atoms with Crippen molar-refractivity contribution in [2.24, 2.45) is 5.73 Å². The van der Waals surface area contributed by atoms with Gasteiger partial charge in [-0.2, -0.15) is 0 Å². The summed E-state index contributed by atoms with van der Waals surface area (Å²) in [5.41, 5.74) is 7.86. The number of hydrogen-bond donors (Lipinski definition) is 2. The number of rotatable bonds is 8. The van der Waals surface area contributed by atoms with Gasteiger partial charge in [0, 0.05) is 19.6 Å². The highest BCUT2D eigenvalue weighted by molar-refractivity contribution is 6.08. The first-order chi connectivity index (χ1) is 10.5. The molecule has 5 heteroatoms. The van der Waals surface area contributed by atoms with E-state index in [4.69, 9.17) is 5.73 Å². The summed E-state index contributed by atoms with van der Waals surface area (Å²) >= 11 is 0. The van der Waals surface area contributed by atoms with Crippen molar-refractivity contribution in [3.8, 4) is 0 Å². The maximum Gasteiger partial charge on any atom is 0.323 e. The Kier molecular flexibility index (Phi) is 6.03. The van der Waals surface area contributed by atoms with Crippen LogP contribution in [0.4, 0.5) is 0 Å². The van der Waals surface area contributed by atoms with Gasteiger partial charge in [-0.15, -0.1) is 0 Å². The van der Waals surface area contributed by atoms with Crippen molar-refractivity contribution in [2.75, 3.05) is 13.1 Å². The summed E-state index contributed by atoms with van der Waals surface area (Å²) in [6.07, 6.45) is 5.15. The van der Waals surface area contributed by atoms with E-state index < -0.39 is 11.5 Å². The Balaban J connectivity index is 1.89. The van der Waals surface area contributed by atoms with Crippen LogP contribution in [0.3, 0.4) is 0 Å². The minimum atomic E-state index is -1.08. The molecule has 3 N–H and O–H groups in total. The number of nitrogens with two attached hydrogens (primary N) is 1. The molecule has 1 aromatic carbocycles. The molecule has 1 heterocycles. The van der Waals surface area contributed by atoms with Crippen LogP contribution in [0.2, 0.25) is 6.32 Å². The fraction of sp³-hybridized carbons (Fsp3) is 0.588. The van der Waals surface area contributed by atoms with Crippen LogP contribution in [0.25, 0.3) is 0 Å². The lowest BCUT2D eigenvalue weighted by Gasteiger charge is -2.32. The molecule has 4 nitrogen and oxygen atoms in total. The van der Waals surface area contributed by atoms with Crippen LogP contribution in [0, 0.1) is 0 Å². The van der Waals surface area contributed by atoms with Crippen molar-refractivity contribution in [3.63, 3.8) is 0 Å². The highest BCUT2D eigenvalue weighted by Gasteiger charge is 2.33. The topological polar surface area (TPSA) is 66.6 Å². The predicted molar refractivity (Wildman–Crippen MR) is 91.8 cm³/mol. The van der Waals surface area contributed by atoms with Crippen molar-refractivity contribution in [1.82, 2.24) is 4.90 Å². The molecule has 0 aromatic heterocycles. The second kappa shape index (κ2) is 7.79. The Bertz CT molecular complexity index is 509. The molecule has 0 bridgehead atoms. The van der Waals surface area contributed by atoms with Gasteiger partial charge < -0.3 is 10.8 Å². The Morgan fingerprint density at radius 3 is 2.68 bits per heavy atom. The summed E-state index contributed by atoms with van der Waals surface area (Å²) in [5.74, 6) is -0.860. The number of carbonyl (C=O) groups is 1. The molecular formula is C17H27BN2O2. The molecule has 0 saturated heterocycles. The third kappa shape index (κ3) is 4.34. The number of carboxylic acids is 1. The van der Waals surface area contributed by atoms with Crippen molar-refractivity contribution < 1.29 is 9.90 Å². The van der Waals surface area contributed by atoms with Crippen LogP contribution in [0.5, 0.6) is 0 Å². The molecule has 120 valence electrons. The van der Waals surface area contributed by atoms with Gasteiger partial charge in [0.15, 0.2) is 0 Å². The zero-order chi connectivity index (χ0) is 16.0. The monoisotopic (exact) mass is 302 g/mol. The summed E-state index contributed by atoms with van der Waals surface area (Å²) in [5, 5.41) is 9.48. The molecule has 0 aliphatic carbocycles. The Hall–Kier alpha value is -1.33. The normalized spacial score (nSPS) is 17.7. The summed E-state index contributed by atoms with van der Waals surface area (Å²) < 4.78 is 0. The predicted octanol–water partition coefficient (Wildman–Crippen LogP) is 1.44. The third-order valence-corrected chi connectivity index (χ3v) is 4.74. The SMILES string of the molecule is BCCCCC(N)(CCN1CCc2ccccc2C1)C(=O)O. The summed E-state index contributed by atoms with van der Waals surface area (Å²) in [6.45, 7) is 2.64. The van der Waals surface area contributed by atoms with Gasteiger partial charge in [0.25, 0.3) is 0 Å². The highest BCUT2D eigenvalue weighted by Crippen LogP contribution is 2.22. The van der Waals surface area contributed by atoms with Crippen molar-refractivity contribution in [3.05, 3.63) is 35.4 Å². The number of carboxylic acid groups (broad SMARTS) is 1. The van der Waals surface area contributed by atoms with E-state index in [1.165, 1.54) is 11.1 Å². The van der Waals surface area contributed by atoms with E-state index in [0.29, 0.717) is 12.8 Å². The molecular weight excluding hydrogens is 275 g/mol. The summed E-state index contributed by atoms with van der Waals surface area (Å²) in [6, 6.07) is 8.49.